The van der Waals surface area contributed by atoms with Crippen molar-refractivity contribution >= 4 is 16.8 Å². The van der Waals surface area contributed by atoms with Crippen molar-refractivity contribution in [1.29, 1.82) is 0 Å². The molecule has 2 N–H and O–H groups in total. The normalized spacial score (nSPS) is 17.0. The summed E-state index contributed by atoms with van der Waals surface area (Å²) in [6.45, 7) is 1.84. The minimum absolute atomic E-state index is 0.0285. The van der Waals surface area contributed by atoms with Crippen LogP contribution in [0.1, 0.15) is 46.2 Å². The lowest BCUT2D eigenvalue weighted by molar-refractivity contribution is 0.0928. The van der Waals surface area contributed by atoms with E-state index in [1.165, 1.54) is 17.8 Å². The smallest absolute Gasteiger partial charge is 0.268 e. The maximum absolute atomic E-state index is 13.5. The van der Waals surface area contributed by atoms with Crippen molar-refractivity contribution in [3.8, 4) is 0 Å². The molecule has 124 valence electrons. The van der Waals surface area contributed by atoms with Crippen molar-refractivity contribution in [3.05, 3.63) is 52.7 Å². The molecule has 24 heavy (non-hydrogen) atoms. The summed E-state index contributed by atoms with van der Waals surface area (Å²) in [4.78, 5) is 15.7. The molecule has 0 spiro atoms. The van der Waals surface area contributed by atoms with Crippen LogP contribution in [0.2, 0.25) is 0 Å². The Kier molecular flexibility index (Phi) is 3.40. The first-order valence-electron chi connectivity index (χ1n) is 8.13. The highest BCUT2D eigenvalue weighted by atomic mass is 19.1. The maximum Gasteiger partial charge on any atom is 0.268 e. The van der Waals surface area contributed by atoms with E-state index in [0.717, 1.165) is 35.8 Å². The SMILES string of the molecule is Cc1cc(F)cc2[nH]c(C(=O)NC3CCCc4c3cnn4C)cc12. The minimum atomic E-state index is -0.305. The molecule has 2 aromatic heterocycles. The van der Waals surface area contributed by atoms with E-state index in [1.54, 1.807) is 6.07 Å². The van der Waals surface area contributed by atoms with Gasteiger partial charge < -0.3 is 10.3 Å². The largest absolute Gasteiger partial charge is 0.350 e. The van der Waals surface area contributed by atoms with E-state index in [-0.39, 0.29) is 17.8 Å². The van der Waals surface area contributed by atoms with Gasteiger partial charge in [0.1, 0.15) is 11.5 Å². The van der Waals surface area contributed by atoms with Gasteiger partial charge in [-0.2, -0.15) is 5.10 Å². The number of benzene rings is 1. The summed E-state index contributed by atoms with van der Waals surface area (Å²) in [6.07, 6.45) is 4.75. The predicted octanol–water partition coefficient (Wildman–Crippen LogP) is 3.16. The summed E-state index contributed by atoms with van der Waals surface area (Å²) >= 11 is 0. The van der Waals surface area contributed by atoms with Gasteiger partial charge in [0, 0.05) is 29.2 Å². The summed E-state index contributed by atoms with van der Waals surface area (Å²) < 4.78 is 15.4. The third kappa shape index (κ3) is 2.38. The van der Waals surface area contributed by atoms with Gasteiger partial charge in [0.15, 0.2) is 0 Å². The number of carbonyl (C=O) groups is 1. The third-order valence-corrected chi connectivity index (χ3v) is 4.84. The van der Waals surface area contributed by atoms with Crippen LogP contribution in [0.15, 0.2) is 24.4 Å². The van der Waals surface area contributed by atoms with Crippen molar-refractivity contribution in [2.75, 3.05) is 0 Å². The second-order valence-corrected chi connectivity index (χ2v) is 6.46. The zero-order valence-corrected chi connectivity index (χ0v) is 13.7. The molecule has 4 rings (SSSR count). The van der Waals surface area contributed by atoms with Gasteiger partial charge in [0.2, 0.25) is 0 Å². The van der Waals surface area contributed by atoms with Gasteiger partial charge in [-0.1, -0.05) is 0 Å². The first kappa shape index (κ1) is 14.9. The average Bonchev–Trinajstić information content (AvgIpc) is 3.12. The summed E-state index contributed by atoms with van der Waals surface area (Å²) in [7, 11) is 1.93. The number of amides is 1. The quantitative estimate of drug-likeness (QED) is 0.760. The second-order valence-electron chi connectivity index (χ2n) is 6.46. The van der Waals surface area contributed by atoms with E-state index in [0.29, 0.717) is 11.2 Å². The number of halogens is 1. The van der Waals surface area contributed by atoms with E-state index in [1.807, 2.05) is 24.9 Å². The van der Waals surface area contributed by atoms with Crippen LogP contribution in [0, 0.1) is 12.7 Å². The Hall–Kier alpha value is -2.63. The molecule has 0 saturated carbocycles. The lowest BCUT2D eigenvalue weighted by Gasteiger charge is -2.23. The molecule has 0 saturated heterocycles. The highest BCUT2D eigenvalue weighted by molar-refractivity contribution is 5.99. The molecule has 0 fully saturated rings. The van der Waals surface area contributed by atoms with E-state index in [9.17, 15) is 9.18 Å². The molecule has 1 aliphatic carbocycles. The standard InChI is InChI=1S/C18H19FN4O/c1-10-6-11(19)7-15-12(10)8-16(21-15)18(24)22-14-4-3-5-17-13(14)9-20-23(17)2/h6-9,14,21H,3-5H2,1-2H3,(H,22,24). The molecule has 2 heterocycles. The van der Waals surface area contributed by atoms with Crippen molar-refractivity contribution in [3.63, 3.8) is 0 Å². The van der Waals surface area contributed by atoms with Crippen molar-refractivity contribution in [2.24, 2.45) is 7.05 Å². The molecule has 0 aliphatic heterocycles. The highest BCUT2D eigenvalue weighted by Gasteiger charge is 2.25. The van der Waals surface area contributed by atoms with Gasteiger partial charge in [0.05, 0.1) is 12.2 Å². The van der Waals surface area contributed by atoms with Crippen LogP contribution in [0.4, 0.5) is 4.39 Å². The monoisotopic (exact) mass is 326 g/mol. The van der Waals surface area contributed by atoms with E-state index < -0.39 is 0 Å². The Labute approximate surface area is 138 Å². The zero-order chi connectivity index (χ0) is 16.8. The van der Waals surface area contributed by atoms with Crippen molar-refractivity contribution in [2.45, 2.75) is 32.2 Å². The highest BCUT2D eigenvalue weighted by Crippen LogP contribution is 2.29. The van der Waals surface area contributed by atoms with E-state index in [2.05, 4.69) is 15.4 Å². The number of hydrogen-bond donors (Lipinski definition) is 2. The Balaban J connectivity index is 1.62. The van der Waals surface area contributed by atoms with Crippen LogP contribution < -0.4 is 5.32 Å². The number of aryl methyl sites for hydroxylation is 2. The van der Waals surface area contributed by atoms with Crippen LogP contribution in [-0.2, 0) is 13.5 Å². The molecule has 1 aromatic carbocycles. The molecule has 1 atom stereocenters. The van der Waals surface area contributed by atoms with Crippen LogP contribution in [0.5, 0.6) is 0 Å². The molecule has 1 amide bonds. The van der Waals surface area contributed by atoms with Crippen LogP contribution in [-0.4, -0.2) is 20.7 Å². The number of H-pyrrole nitrogens is 1. The molecule has 1 unspecified atom stereocenters. The fourth-order valence-corrected chi connectivity index (χ4v) is 3.59. The van der Waals surface area contributed by atoms with E-state index in [4.69, 9.17) is 0 Å². The first-order valence-corrected chi connectivity index (χ1v) is 8.13. The molecule has 6 heteroatoms. The fraction of sp³-hybridized carbons (Fsp3) is 0.333. The van der Waals surface area contributed by atoms with Crippen LogP contribution in [0.3, 0.4) is 0 Å². The number of aromatic nitrogens is 3. The Bertz CT molecular complexity index is 940. The number of fused-ring (bicyclic) bond motifs is 2. The van der Waals surface area contributed by atoms with Gasteiger partial charge in [-0.15, -0.1) is 0 Å². The lowest BCUT2D eigenvalue weighted by Crippen LogP contribution is -2.31. The van der Waals surface area contributed by atoms with Gasteiger partial charge in [0.25, 0.3) is 5.91 Å². The Morgan fingerprint density at radius 1 is 1.42 bits per heavy atom. The number of aromatic amines is 1. The average molecular weight is 326 g/mol. The number of carbonyl (C=O) groups excluding carboxylic acids is 1. The molecular weight excluding hydrogens is 307 g/mol. The van der Waals surface area contributed by atoms with Crippen LogP contribution >= 0.6 is 0 Å². The summed E-state index contributed by atoms with van der Waals surface area (Å²) in [5.41, 5.74) is 4.18. The summed E-state index contributed by atoms with van der Waals surface area (Å²) in [5, 5.41) is 8.25. The predicted molar refractivity (Wildman–Crippen MR) is 89.3 cm³/mol. The third-order valence-electron chi connectivity index (χ3n) is 4.84. The van der Waals surface area contributed by atoms with E-state index >= 15 is 0 Å². The maximum atomic E-state index is 13.5. The second kappa shape index (κ2) is 5.47. The molecule has 5 nitrogen and oxygen atoms in total. The first-order chi connectivity index (χ1) is 11.5. The molecular formula is C18H19FN4O. The Morgan fingerprint density at radius 3 is 3.08 bits per heavy atom. The number of hydrogen-bond acceptors (Lipinski definition) is 2. The topological polar surface area (TPSA) is 62.7 Å². The minimum Gasteiger partial charge on any atom is -0.350 e. The number of nitrogens with zero attached hydrogens (tertiary/aromatic N) is 2. The van der Waals surface area contributed by atoms with Crippen molar-refractivity contribution in [1.82, 2.24) is 20.1 Å². The fourth-order valence-electron chi connectivity index (χ4n) is 3.59. The van der Waals surface area contributed by atoms with Gasteiger partial charge in [-0.3, -0.25) is 9.48 Å². The van der Waals surface area contributed by atoms with Gasteiger partial charge in [-0.05, 0) is 49.9 Å². The van der Waals surface area contributed by atoms with Crippen LogP contribution in [0.25, 0.3) is 10.9 Å². The lowest BCUT2D eigenvalue weighted by atomic mass is 9.93. The van der Waals surface area contributed by atoms with Crippen molar-refractivity contribution < 1.29 is 9.18 Å². The number of rotatable bonds is 2. The molecule has 0 radical (unpaired) electrons. The van der Waals surface area contributed by atoms with Gasteiger partial charge in [-0.25, -0.2) is 4.39 Å². The Morgan fingerprint density at radius 2 is 2.25 bits per heavy atom. The molecule has 0 bridgehead atoms. The molecule has 3 aromatic rings. The van der Waals surface area contributed by atoms with Gasteiger partial charge >= 0.3 is 0 Å². The number of nitrogens with one attached hydrogen (secondary N) is 2. The zero-order valence-electron chi connectivity index (χ0n) is 13.7. The summed E-state index contributed by atoms with van der Waals surface area (Å²) in [5.74, 6) is -0.478. The summed E-state index contributed by atoms with van der Waals surface area (Å²) in [6, 6.07) is 4.64. The molecule has 1 aliphatic rings.